The fourth-order valence-corrected chi connectivity index (χ4v) is 7.03. The van der Waals surface area contributed by atoms with Gasteiger partial charge in [-0.2, -0.15) is 13.2 Å². The number of rotatable bonds is 4. The van der Waals surface area contributed by atoms with Gasteiger partial charge >= 0.3 is 12.1 Å². The average molecular weight is 622 g/mol. The van der Waals surface area contributed by atoms with Crippen molar-refractivity contribution in [2.45, 2.75) is 63.6 Å². The van der Waals surface area contributed by atoms with E-state index in [4.69, 9.17) is 9.90 Å². The van der Waals surface area contributed by atoms with Gasteiger partial charge in [0.1, 0.15) is 6.04 Å². The monoisotopic (exact) mass is 621 g/mol. The molecule has 4 saturated heterocycles. The normalized spacial score (nSPS) is 24.6. The van der Waals surface area contributed by atoms with Crippen molar-refractivity contribution in [2.75, 3.05) is 50.7 Å². The minimum Gasteiger partial charge on any atom is -0.475 e. The van der Waals surface area contributed by atoms with Gasteiger partial charge in [-0.3, -0.25) is 29.4 Å². The number of carboxylic acids is 1. The van der Waals surface area contributed by atoms with Crippen molar-refractivity contribution in [1.82, 2.24) is 20.4 Å². The number of benzene rings is 1. The van der Waals surface area contributed by atoms with E-state index in [0.29, 0.717) is 16.5 Å². The topological polar surface area (TPSA) is 139 Å². The minimum absolute atomic E-state index is 0.125. The Bertz CT molecular complexity index is 1300. The number of carboxylic acid groups (broad SMARTS) is 1. The number of piperidine rings is 4. The number of imide groups is 2. The van der Waals surface area contributed by atoms with Crippen molar-refractivity contribution in [3.63, 3.8) is 0 Å². The Kier molecular flexibility index (Phi) is 9.30. The molecule has 11 nitrogen and oxygen atoms in total. The number of aliphatic carboxylic acids is 1. The number of alkyl halides is 3. The highest BCUT2D eigenvalue weighted by atomic mass is 19.4. The lowest BCUT2D eigenvalue weighted by molar-refractivity contribution is -0.192. The van der Waals surface area contributed by atoms with Crippen LogP contribution in [0.25, 0.3) is 0 Å². The first-order chi connectivity index (χ1) is 20.9. The van der Waals surface area contributed by atoms with E-state index in [2.05, 4.69) is 20.4 Å². The minimum atomic E-state index is -5.08. The second-order valence-electron chi connectivity index (χ2n) is 12.5. The van der Waals surface area contributed by atoms with Crippen LogP contribution in [0.2, 0.25) is 0 Å². The van der Waals surface area contributed by atoms with Crippen molar-refractivity contribution in [1.29, 1.82) is 0 Å². The molecule has 5 heterocycles. The Balaban J connectivity index is 0.000000493. The molecular formula is C30H38F3N5O6. The highest BCUT2D eigenvalue weighted by Gasteiger charge is 2.45. The predicted molar refractivity (Wildman–Crippen MR) is 152 cm³/mol. The van der Waals surface area contributed by atoms with Gasteiger partial charge in [0.15, 0.2) is 0 Å². The lowest BCUT2D eigenvalue weighted by Gasteiger charge is -2.48. The molecule has 14 heteroatoms. The first-order valence-electron chi connectivity index (χ1n) is 15.2. The summed E-state index contributed by atoms with van der Waals surface area (Å²) in [7, 11) is 0. The van der Waals surface area contributed by atoms with E-state index in [9.17, 15) is 32.3 Å². The quantitative estimate of drug-likeness (QED) is 0.433. The average Bonchev–Trinajstić information content (AvgIpc) is 3.24. The van der Waals surface area contributed by atoms with E-state index in [1.807, 2.05) is 12.1 Å². The second-order valence-corrected chi connectivity index (χ2v) is 12.5. The molecule has 6 rings (SSSR count). The zero-order valence-electron chi connectivity index (χ0n) is 24.5. The molecule has 1 spiro atoms. The van der Waals surface area contributed by atoms with Crippen LogP contribution < -0.4 is 15.5 Å². The number of likely N-dealkylation sites (tertiary alicyclic amines) is 1. The Morgan fingerprint density at radius 3 is 2.09 bits per heavy atom. The molecule has 0 radical (unpaired) electrons. The molecule has 1 aromatic carbocycles. The smallest absolute Gasteiger partial charge is 0.475 e. The third kappa shape index (κ3) is 6.90. The van der Waals surface area contributed by atoms with Gasteiger partial charge in [-0.15, -0.1) is 0 Å². The van der Waals surface area contributed by atoms with Gasteiger partial charge in [-0.1, -0.05) is 0 Å². The summed E-state index contributed by atoms with van der Waals surface area (Å²) in [5, 5.41) is 12.8. The van der Waals surface area contributed by atoms with Gasteiger partial charge in [0.05, 0.1) is 11.1 Å². The van der Waals surface area contributed by atoms with Crippen molar-refractivity contribution >= 4 is 35.3 Å². The zero-order valence-corrected chi connectivity index (χ0v) is 24.5. The number of carbonyl (C=O) groups excluding carboxylic acids is 4. The molecule has 5 aliphatic rings. The summed E-state index contributed by atoms with van der Waals surface area (Å²) in [6.07, 6.45) is 2.66. The Morgan fingerprint density at radius 2 is 1.50 bits per heavy atom. The number of hydrogen-bond acceptors (Lipinski definition) is 8. The number of amides is 4. The molecule has 0 bridgehead atoms. The molecular weight excluding hydrogens is 583 g/mol. The lowest BCUT2D eigenvalue weighted by atomic mass is 9.71. The number of carbonyl (C=O) groups is 5. The summed E-state index contributed by atoms with van der Waals surface area (Å²) in [6.45, 7) is 7.89. The molecule has 4 amide bonds. The summed E-state index contributed by atoms with van der Waals surface area (Å²) in [6, 6.07) is 4.54. The number of hydrogen-bond donors (Lipinski definition) is 3. The first kappa shape index (κ1) is 31.9. The van der Waals surface area contributed by atoms with Crippen LogP contribution in [0, 0.1) is 11.3 Å². The molecule has 1 atom stereocenters. The molecule has 4 fully saturated rings. The Labute approximate surface area is 253 Å². The van der Waals surface area contributed by atoms with Crippen molar-refractivity contribution in [2.24, 2.45) is 11.3 Å². The highest BCUT2D eigenvalue weighted by Crippen LogP contribution is 2.43. The zero-order chi connectivity index (χ0) is 31.6. The van der Waals surface area contributed by atoms with Gasteiger partial charge in [0.2, 0.25) is 11.8 Å². The van der Waals surface area contributed by atoms with E-state index in [-0.39, 0.29) is 18.7 Å². The Hall–Kier alpha value is -3.52. The number of nitrogens with one attached hydrogen (secondary N) is 2. The van der Waals surface area contributed by atoms with Gasteiger partial charge in [0.25, 0.3) is 11.8 Å². The van der Waals surface area contributed by atoms with Crippen molar-refractivity contribution in [3.05, 3.63) is 29.3 Å². The highest BCUT2D eigenvalue weighted by molar-refractivity contribution is 6.23. The van der Waals surface area contributed by atoms with Crippen LogP contribution in [0.3, 0.4) is 0 Å². The SMILES string of the molecule is O=C(O)C(F)(F)F.O=C1CCC(N2C(=O)c3ccc(N4CCC5(CCN(CC6CCNCC6)CC5)CC4)cc3C2=O)C(=O)N1. The van der Waals surface area contributed by atoms with Gasteiger partial charge in [0, 0.05) is 31.7 Å². The number of anilines is 1. The van der Waals surface area contributed by atoms with Crippen LogP contribution in [0.1, 0.15) is 72.1 Å². The van der Waals surface area contributed by atoms with E-state index >= 15 is 0 Å². The maximum absolute atomic E-state index is 13.2. The third-order valence-electron chi connectivity index (χ3n) is 9.75. The van der Waals surface area contributed by atoms with Crippen LogP contribution in [0.5, 0.6) is 0 Å². The van der Waals surface area contributed by atoms with Crippen LogP contribution in [-0.2, 0) is 14.4 Å². The second kappa shape index (κ2) is 12.8. The van der Waals surface area contributed by atoms with E-state index in [1.54, 1.807) is 6.07 Å². The van der Waals surface area contributed by atoms with Crippen LogP contribution in [0.4, 0.5) is 18.9 Å². The maximum atomic E-state index is 13.2. The fourth-order valence-electron chi connectivity index (χ4n) is 7.03. The van der Waals surface area contributed by atoms with Crippen LogP contribution in [-0.4, -0.2) is 103 Å². The van der Waals surface area contributed by atoms with Crippen molar-refractivity contribution < 1.29 is 42.3 Å². The van der Waals surface area contributed by atoms with Gasteiger partial charge in [-0.25, -0.2) is 4.79 Å². The number of nitrogens with zero attached hydrogens (tertiary/aromatic N) is 3. The van der Waals surface area contributed by atoms with Crippen LogP contribution in [0.15, 0.2) is 18.2 Å². The molecule has 44 heavy (non-hydrogen) atoms. The summed E-state index contributed by atoms with van der Waals surface area (Å²) in [5.41, 5.74) is 2.08. The molecule has 3 N–H and O–H groups in total. The molecule has 0 aliphatic carbocycles. The molecule has 0 aromatic heterocycles. The van der Waals surface area contributed by atoms with Crippen molar-refractivity contribution in [3.8, 4) is 0 Å². The summed E-state index contributed by atoms with van der Waals surface area (Å²) >= 11 is 0. The lowest BCUT2D eigenvalue weighted by Crippen LogP contribution is -2.54. The predicted octanol–water partition coefficient (Wildman–Crippen LogP) is 2.40. The summed E-state index contributed by atoms with van der Waals surface area (Å²) in [4.78, 5) is 65.0. The standard InChI is InChI=1S/C28H37N5O4.C2HF3O2/c34-24-4-3-23(25(35)30-24)33-26(36)21-2-1-20(17-22(21)27(33)37)32-15-9-28(10-16-32)7-13-31(14-8-28)18-19-5-11-29-12-6-19;3-2(4,5)1(6)7/h1-2,17,19,23,29H,3-16,18H2,(H,30,34,35);(H,6,7). The summed E-state index contributed by atoms with van der Waals surface area (Å²) < 4.78 is 31.7. The van der Waals surface area contributed by atoms with Gasteiger partial charge < -0.3 is 20.2 Å². The Morgan fingerprint density at radius 1 is 0.909 bits per heavy atom. The third-order valence-corrected chi connectivity index (χ3v) is 9.75. The maximum Gasteiger partial charge on any atom is 0.490 e. The largest absolute Gasteiger partial charge is 0.490 e. The molecule has 240 valence electrons. The van der Waals surface area contributed by atoms with E-state index in [0.717, 1.165) is 55.5 Å². The molecule has 1 aromatic rings. The van der Waals surface area contributed by atoms with Crippen LogP contribution >= 0.6 is 0 Å². The fraction of sp³-hybridized carbons (Fsp3) is 0.633. The number of halogens is 3. The molecule has 1 unspecified atom stereocenters. The molecule has 0 saturated carbocycles. The number of fused-ring (bicyclic) bond motifs is 1. The first-order valence-corrected chi connectivity index (χ1v) is 15.2. The van der Waals surface area contributed by atoms with E-state index < -0.39 is 35.9 Å². The van der Waals surface area contributed by atoms with E-state index in [1.165, 1.54) is 45.3 Å². The molecule has 5 aliphatic heterocycles. The van der Waals surface area contributed by atoms with Gasteiger partial charge in [-0.05, 0) is 101 Å². The summed E-state index contributed by atoms with van der Waals surface area (Å²) in [5.74, 6) is -3.74.